The number of hydrogen-bond acceptors (Lipinski definition) is 4. The minimum atomic E-state index is -0.490. The highest BCUT2D eigenvalue weighted by Gasteiger charge is 2.13. The van der Waals surface area contributed by atoms with Crippen LogP contribution in [-0.4, -0.2) is 26.3 Å². The van der Waals surface area contributed by atoms with E-state index in [0.717, 1.165) is 17.7 Å². The van der Waals surface area contributed by atoms with Gasteiger partial charge in [0, 0.05) is 12.6 Å². The van der Waals surface area contributed by atoms with Gasteiger partial charge in [0.15, 0.2) is 5.65 Å². The monoisotopic (exact) mass is 305 g/mol. The van der Waals surface area contributed by atoms with Crippen molar-refractivity contribution in [2.75, 3.05) is 11.9 Å². The number of anilines is 1. The maximum atomic E-state index is 13.6. The average molecular weight is 306 g/mol. The number of aryl methyl sites for hydroxylation is 1. The lowest BCUT2D eigenvalue weighted by atomic mass is 10.3. The molecule has 5 nitrogen and oxygen atoms in total. The van der Waals surface area contributed by atoms with E-state index in [9.17, 15) is 4.39 Å². The van der Waals surface area contributed by atoms with E-state index in [1.165, 1.54) is 12.1 Å². The predicted molar refractivity (Wildman–Crippen MR) is 80.5 cm³/mol. The number of nitrogens with one attached hydrogen (secondary N) is 1. The van der Waals surface area contributed by atoms with E-state index in [1.807, 2.05) is 6.92 Å². The fourth-order valence-electron chi connectivity index (χ4n) is 2.12. The second kappa shape index (κ2) is 5.29. The van der Waals surface area contributed by atoms with E-state index in [-0.39, 0.29) is 5.02 Å². The van der Waals surface area contributed by atoms with Crippen LogP contribution in [0.25, 0.3) is 16.7 Å². The zero-order valence-corrected chi connectivity index (χ0v) is 12.3. The first kappa shape index (κ1) is 13.8. The van der Waals surface area contributed by atoms with E-state index in [2.05, 4.69) is 20.4 Å². The quantitative estimate of drug-likeness (QED) is 0.806. The molecule has 0 aliphatic heterocycles. The van der Waals surface area contributed by atoms with Gasteiger partial charge < -0.3 is 5.32 Å². The molecule has 0 bridgehead atoms. The molecule has 0 spiro atoms. The Morgan fingerprint density at radius 2 is 2.14 bits per heavy atom. The maximum Gasteiger partial charge on any atom is 0.168 e. The van der Waals surface area contributed by atoms with E-state index in [1.54, 1.807) is 23.9 Å². The molecule has 0 aliphatic carbocycles. The topological polar surface area (TPSA) is 55.6 Å². The molecule has 0 amide bonds. The van der Waals surface area contributed by atoms with Gasteiger partial charge in [0.1, 0.15) is 17.5 Å². The van der Waals surface area contributed by atoms with Crippen LogP contribution in [0, 0.1) is 12.7 Å². The van der Waals surface area contributed by atoms with E-state index in [0.29, 0.717) is 17.2 Å². The van der Waals surface area contributed by atoms with Crippen LogP contribution in [0.15, 0.2) is 24.4 Å². The van der Waals surface area contributed by atoms with Crippen LogP contribution < -0.4 is 5.32 Å². The summed E-state index contributed by atoms with van der Waals surface area (Å²) in [6.45, 7) is 4.54. The summed E-state index contributed by atoms with van der Waals surface area (Å²) in [5, 5.41) is 8.33. The number of aromatic nitrogens is 4. The molecule has 0 saturated heterocycles. The van der Waals surface area contributed by atoms with Crippen molar-refractivity contribution in [1.29, 1.82) is 0 Å². The molecule has 1 aromatic carbocycles. The van der Waals surface area contributed by atoms with Gasteiger partial charge >= 0.3 is 0 Å². The molecule has 2 heterocycles. The summed E-state index contributed by atoms with van der Waals surface area (Å²) in [5.74, 6) is 0.853. The first-order valence-electron chi connectivity index (χ1n) is 6.52. The Balaban J connectivity index is 2.21. The van der Waals surface area contributed by atoms with Gasteiger partial charge in [-0.15, -0.1) is 0 Å². The fourth-order valence-corrected chi connectivity index (χ4v) is 2.24. The van der Waals surface area contributed by atoms with E-state index >= 15 is 0 Å². The van der Waals surface area contributed by atoms with Gasteiger partial charge in [-0.1, -0.05) is 11.6 Å². The normalized spacial score (nSPS) is 11.0. The first-order chi connectivity index (χ1) is 10.1. The Morgan fingerprint density at radius 3 is 2.86 bits per heavy atom. The number of hydrogen-bond donors (Lipinski definition) is 1. The number of benzene rings is 1. The zero-order valence-electron chi connectivity index (χ0n) is 11.6. The number of fused-ring (bicyclic) bond motifs is 1. The molecule has 21 heavy (non-hydrogen) atoms. The summed E-state index contributed by atoms with van der Waals surface area (Å²) in [6.07, 6.45) is 1.67. The van der Waals surface area contributed by atoms with Gasteiger partial charge in [0.2, 0.25) is 0 Å². The van der Waals surface area contributed by atoms with Crippen molar-refractivity contribution in [1.82, 2.24) is 19.7 Å². The summed E-state index contributed by atoms with van der Waals surface area (Å²) < 4.78 is 15.2. The largest absolute Gasteiger partial charge is 0.370 e. The summed E-state index contributed by atoms with van der Waals surface area (Å²) in [5.41, 5.74) is 1.19. The highest BCUT2D eigenvalue weighted by atomic mass is 35.5. The molecule has 0 saturated carbocycles. The van der Waals surface area contributed by atoms with E-state index < -0.39 is 5.82 Å². The molecular weight excluding hydrogens is 293 g/mol. The Hall–Kier alpha value is -2.21. The number of rotatable bonds is 3. The fraction of sp³-hybridized carbons (Fsp3) is 0.214. The lowest BCUT2D eigenvalue weighted by molar-refractivity contribution is 0.626. The lowest BCUT2D eigenvalue weighted by Gasteiger charge is -2.07. The Labute approximate surface area is 125 Å². The third-order valence-electron chi connectivity index (χ3n) is 3.03. The van der Waals surface area contributed by atoms with Crippen molar-refractivity contribution in [3.05, 3.63) is 41.1 Å². The molecule has 3 rings (SSSR count). The molecule has 108 valence electrons. The highest BCUT2D eigenvalue weighted by Crippen LogP contribution is 2.24. The van der Waals surface area contributed by atoms with Crippen LogP contribution in [0.2, 0.25) is 5.02 Å². The molecule has 1 N–H and O–H groups in total. The molecule has 0 fully saturated rings. The van der Waals surface area contributed by atoms with Gasteiger partial charge in [-0.05, 0) is 26.0 Å². The molecular formula is C14H13ClFN5. The first-order valence-corrected chi connectivity index (χ1v) is 6.89. The van der Waals surface area contributed by atoms with Crippen LogP contribution in [0.3, 0.4) is 0 Å². The van der Waals surface area contributed by atoms with Gasteiger partial charge in [0.25, 0.3) is 0 Å². The zero-order chi connectivity index (χ0) is 15.0. The average Bonchev–Trinajstić information content (AvgIpc) is 2.86. The molecule has 3 aromatic rings. The lowest BCUT2D eigenvalue weighted by Crippen LogP contribution is -2.04. The predicted octanol–water partition coefficient (Wildman–Crippen LogP) is 3.35. The molecule has 0 unspecified atom stereocenters. The highest BCUT2D eigenvalue weighted by molar-refractivity contribution is 6.30. The van der Waals surface area contributed by atoms with Crippen molar-refractivity contribution in [3.63, 3.8) is 0 Å². The summed E-state index contributed by atoms with van der Waals surface area (Å²) in [4.78, 5) is 8.76. The minimum Gasteiger partial charge on any atom is -0.370 e. The summed E-state index contributed by atoms with van der Waals surface area (Å²) >= 11 is 5.71. The third-order valence-corrected chi connectivity index (χ3v) is 3.34. The summed E-state index contributed by atoms with van der Waals surface area (Å²) in [7, 11) is 0. The van der Waals surface area contributed by atoms with Gasteiger partial charge in [-0.2, -0.15) is 5.10 Å². The smallest absolute Gasteiger partial charge is 0.168 e. The molecule has 0 atom stereocenters. The molecule has 7 heteroatoms. The molecule has 0 radical (unpaired) electrons. The van der Waals surface area contributed by atoms with Crippen molar-refractivity contribution in [2.24, 2.45) is 0 Å². The van der Waals surface area contributed by atoms with E-state index in [4.69, 9.17) is 11.6 Å². The second-order valence-electron chi connectivity index (χ2n) is 4.54. The van der Waals surface area contributed by atoms with Gasteiger partial charge in [0.05, 0.1) is 22.3 Å². The van der Waals surface area contributed by atoms with Crippen LogP contribution in [0.5, 0.6) is 0 Å². The SMILES string of the molecule is CCNc1nc(C)nc2c1cnn2-c1ccc(Cl)c(F)c1. The van der Waals surface area contributed by atoms with Crippen molar-refractivity contribution in [2.45, 2.75) is 13.8 Å². The Kier molecular flexibility index (Phi) is 3.47. The Morgan fingerprint density at radius 1 is 1.33 bits per heavy atom. The van der Waals surface area contributed by atoms with Crippen molar-refractivity contribution >= 4 is 28.5 Å². The van der Waals surface area contributed by atoms with Crippen LogP contribution in [0.4, 0.5) is 10.2 Å². The molecule has 2 aromatic heterocycles. The molecule has 0 aliphatic rings. The van der Waals surface area contributed by atoms with Crippen LogP contribution in [0.1, 0.15) is 12.7 Å². The maximum absolute atomic E-state index is 13.6. The third kappa shape index (κ3) is 2.42. The van der Waals surface area contributed by atoms with Crippen molar-refractivity contribution in [3.8, 4) is 5.69 Å². The number of nitrogens with zero attached hydrogens (tertiary/aromatic N) is 4. The van der Waals surface area contributed by atoms with Gasteiger partial charge in [-0.3, -0.25) is 0 Å². The van der Waals surface area contributed by atoms with Crippen molar-refractivity contribution < 1.29 is 4.39 Å². The summed E-state index contributed by atoms with van der Waals surface area (Å²) in [6, 6.07) is 4.53. The number of halogens is 2. The minimum absolute atomic E-state index is 0.0781. The van der Waals surface area contributed by atoms with Crippen LogP contribution >= 0.6 is 11.6 Å². The standard InChI is InChI=1S/C14H13ClFN5/c1-3-17-13-10-7-18-21(14(10)20-8(2)19-13)9-4-5-11(15)12(16)6-9/h4-7H,3H2,1-2H3,(H,17,19,20). The second-order valence-corrected chi connectivity index (χ2v) is 4.95. The van der Waals surface area contributed by atoms with Crippen LogP contribution in [-0.2, 0) is 0 Å². The Bertz CT molecular complexity index is 814. The van der Waals surface area contributed by atoms with Gasteiger partial charge in [-0.25, -0.2) is 19.0 Å².